The summed E-state index contributed by atoms with van der Waals surface area (Å²) in [4.78, 5) is 30.7. The van der Waals surface area contributed by atoms with Crippen molar-refractivity contribution in [1.29, 1.82) is 0 Å². The van der Waals surface area contributed by atoms with E-state index in [0.717, 1.165) is 15.8 Å². The Kier molecular flexibility index (Phi) is 5.30. The molecule has 1 unspecified atom stereocenters. The molecule has 4 aromatic rings. The summed E-state index contributed by atoms with van der Waals surface area (Å²) in [6.07, 6.45) is 1.48. The molecule has 4 heterocycles. The van der Waals surface area contributed by atoms with Crippen LogP contribution in [0.3, 0.4) is 0 Å². The van der Waals surface area contributed by atoms with Crippen LogP contribution in [0.5, 0.6) is 0 Å². The van der Waals surface area contributed by atoms with E-state index in [4.69, 9.17) is 4.42 Å². The van der Waals surface area contributed by atoms with Gasteiger partial charge in [-0.15, -0.1) is 11.3 Å². The van der Waals surface area contributed by atoms with E-state index < -0.39 is 0 Å². The molecule has 0 bridgehead atoms. The normalized spacial score (nSPS) is 16.6. The molecule has 0 N–H and O–H groups in total. The number of nitrogens with zero attached hydrogens (tertiary/aromatic N) is 3. The molecular weight excluding hydrogens is 429 g/mol. The summed E-state index contributed by atoms with van der Waals surface area (Å²) in [6, 6.07) is 13.5. The molecule has 1 aromatic carbocycles. The number of rotatable bonds is 4. The minimum atomic E-state index is -0.295. The van der Waals surface area contributed by atoms with E-state index in [1.54, 1.807) is 39.3 Å². The Hall–Kier alpha value is -3.39. The molecular formula is C24H22FN3O3S. The second-order valence-electron chi connectivity index (χ2n) is 8.00. The van der Waals surface area contributed by atoms with Crippen LogP contribution < -0.4 is 0 Å². The van der Waals surface area contributed by atoms with Crippen molar-refractivity contribution in [2.75, 3.05) is 19.6 Å². The first kappa shape index (κ1) is 20.5. The van der Waals surface area contributed by atoms with Gasteiger partial charge in [-0.05, 0) is 54.3 Å². The molecule has 0 spiro atoms. The topological polar surface area (TPSA) is 58.7 Å². The van der Waals surface area contributed by atoms with E-state index >= 15 is 0 Å². The Morgan fingerprint density at radius 1 is 1.12 bits per heavy atom. The first-order valence-electron chi connectivity index (χ1n) is 10.5. The Bertz CT molecular complexity index is 1280. The molecule has 5 rings (SSSR count). The van der Waals surface area contributed by atoms with Crippen molar-refractivity contribution in [1.82, 2.24) is 14.4 Å². The molecule has 1 saturated heterocycles. The summed E-state index contributed by atoms with van der Waals surface area (Å²) >= 11 is 1.56. The van der Waals surface area contributed by atoms with Gasteiger partial charge in [0.05, 0.1) is 6.26 Å². The smallest absolute Gasteiger partial charge is 0.289 e. The van der Waals surface area contributed by atoms with Crippen molar-refractivity contribution >= 4 is 33.4 Å². The van der Waals surface area contributed by atoms with E-state index in [-0.39, 0.29) is 23.7 Å². The fourth-order valence-electron chi connectivity index (χ4n) is 4.27. The van der Waals surface area contributed by atoms with Gasteiger partial charge in [0, 0.05) is 37.6 Å². The third-order valence-corrected chi connectivity index (χ3v) is 6.81. The SMILES string of the molecule is CC1CN(C(=O)c2cc3ccsc3n2Cc2cccc(F)c2)CCN1C(=O)c1ccco1. The molecule has 6 nitrogen and oxygen atoms in total. The average molecular weight is 452 g/mol. The number of carbonyl (C=O) groups excluding carboxylic acids is 2. The lowest BCUT2D eigenvalue weighted by Gasteiger charge is -2.39. The molecule has 32 heavy (non-hydrogen) atoms. The van der Waals surface area contributed by atoms with Crippen molar-refractivity contribution in [2.45, 2.75) is 19.5 Å². The predicted molar refractivity (Wildman–Crippen MR) is 120 cm³/mol. The van der Waals surface area contributed by atoms with Crippen molar-refractivity contribution in [3.8, 4) is 0 Å². The number of furan rings is 1. The molecule has 1 fully saturated rings. The van der Waals surface area contributed by atoms with Gasteiger partial charge in [-0.25, -0.2) is 4.39 Å². The zero-order chi connectivity index (χ0) is 22.2. The molecule has 1 aliphatic heterocycles. The summed E-state index contributed by atoms with van der Waals surface area (Å²) in [6.45, 7) is 3.66. The Labute approximate surface area is 188 Å². The Morgan fingerprint density at radius 2 is 2.00 bits per heavy atom. The number of halogens is 1. The maximum absolute atomic E-state index is 13.7. The summed E-state index contributed by atoms with van der Waals surface area (Å²) in [7, 11) is 0. The fourth-order valence-corrected chi connectivity index (χ4v) is 5.17. The molecule has 2 amide bonds. The van der Waals surface area contributed by atoms with Gasteiger partial charge in [-0.1, -0.05) is 12.1 Å². The van der Waals surface area contributed by atoms with Gasteiger partial charge in [0.15, 0.2) is 5.76 Å². The third kappa shape index (κ3) is 3.71. The number of hydrogen-bond donors (Lipinski definition) is 0. The van der Waals surface area contributed by atoms with E-state index in [0.29, 0.717) is 37.6 Å². The number of carbonyl (C=O) groups is 2. The first-order valence-corrected chi connectivity index (χ1v) is 11.3. The van der Waals surface area contributed by atoms with Crippen LogP contribution in [0.1, 0.15) is 33.5 Å². The summed E-state index contributed by atoms with van der Waals surface area (Å²) in [5, 5.41) is 2.98. The number of benzene rings is 1. The van der Waals surface area contributed by atoms with Crippen molar-refractivity contribution in [2.24, 2.45) is 0 Å². The number of aromatic nitrogens is 1. The fraction of sp³-hybridized carbons (Fsp3) is 0.250. The highest BCUT2D eigenvalue weighted by molar-refractivity contribution is 7.16. The first-order chi connectivity index (χ1) is 15.5. The van der Waals surface area contributed by atoms with Crippen molar-refractivity contribution in [3.05, 3.63) is 83.0 Å². The second kappa shape index (κ2) is 8.27. The monoisotopic (exact) mass is 451 g/mol. The van der Waals surface area contributed by atoms with Crippen LogP contribution in [-0.4, -0.2) is 51.9 Å². The largest absolute Gasteiger partial charge is 0.459 e. The van der Waals surface area contributed by atoms with Crippen LogP contribution in [0.15, 0.2) is 64.6 Å². The minimum Gasteiger partial charge on any atom is -0.459 e. The zero-order valence-corrected chi connectivity index (χ0v) is 18.3. The summed E-state index contributed by atoms with van der Waals surface area (Å²) in [5.74, 6) is -0.233. The molecule has 0 saturated carbocycles. The number of piperazine rings is 1. The third-order valence-electron chi connectivity index (χ3n) is 5.86. The van der Waals surface area contributed by atoms with E-state index in [2.05, 4.69) is 0 Å². The van der Waals surface area contributed by atoms with Crippen molar-refractivity contribution < 1.29 is 18.4 Å². The maximum Gasteiger partial charge on any atom is 0.289 e. The van der Waals surface area contributed by atoms with Gasteiger partial charge >= 0.3 is 0 Å². The molecule has 0 radical (unpaired) electrons. The number of amides is 2. The lowest BCUT2D eigenvalue weighted by molar-refractivity contribution is 0.0391. The average Bonchev–Trinajstić information content (AvgIpc) is 3.52. The molecule has 1 aliphatic rings. The van der Waals surface area contributed by atoms with Crippen LogP contribution >= 0.6 is 11.3 Å². The lowest BCUT2D eigenvalue weighted by Crippen LogP contribution is -2.55. The van der Waals surface area contributed by atoms with E-state index in [9.17, 15) is 14.0 Å². The van der Waals surface area contributed by atoms with Gasteiger partial charge in [-0.3, -0.25) is 9.59 Å². The zero-order valence-electron chi connectivity index (χ0n) is 17.5. The number of hydrogen-bond acceptors (Lipinski definition) is 4. The second-order valence-corrected chi connectivity index (χ2v) is 8.90. The van der Waals surface area contributed by atoms with Crippen LogP contribution in [-0.2, 0) is 6.54 Å². The van der Waals surface area contributed by atoms with E-state index in [1.165, 1.54) is 18.4 Å². The van der Waals surface area contributed by atoms with Gasteiger partial charge in [-0.2, -0.15) is 0 Å². The standard InChI is InChI=1S/C24H22FN3O3S/c1-16-14-26(8-9-27(16)23(30)21-6-3-10-31-21)22(29)20-13-18-7-11-32-24(18)28(20)15-17-4-2-5-19(25)12-17/h2-7,10-13,16H,8-9,14-15H2,1H3. The number of fused-ring (bicyclic) bond motifs is 1. The Balaban J connectivity index is 1.38. The highest BCUT2D eigenvalue weighted by Crippen LogP contribution is 2.28. The Morgan fingerprint density at radius 3 is 2.75 bits per heavy atom. The maximum atomic E-state index is 13.7. The molecule has 8 heteroatoms. The van der Waals surface area contributed by atoms with Crippen LogP contribution in [0.25, 0.3) is 10.2 Å². The molecule has 0 aliphatic carbocycles. The highest BCUT2D eigenvalue weighted by atomic mass is 32.1. The van der Waals surface area contributed by atoms with Crippen molar-refractivity contribution in [3.63, 3.8) is 0 Å². The van der Waals surface area contributed by atoms with Gasteiger partial charge < -0.3 is 18.8 Å². The molecule has 3 aromatic heterocycles. The van der Waals surface area contributed by atoms with Gasteiger partial charge in [0.2, 0.25) is 0 Å². The van der Waals surface area contributed by atoms with Crippen LogP contribution in [0.4, 0.5) is 4.39 Å². The van der Waals surface area contributed by atoms with Crippen LogP contribution in [0, 0.1) is 5.82 Å². The molecule has 164 valence electrons. The van der Waals surface area contributed by atoms with E-state index in [1.807, 2.05) is 35.1 Å². The highest BCUT2D eigenvalue weighted by Gasteiger charge is 2.33. The lowest BCUT2D eigenvalue weighted by atomic mass is 10.1. The minimum absolute atomic E-state index is 0.0817. The van der Waals surface area contributed by atoms with Crippen LogP contribution in [0.2, 0.25) is 0 Å². The summed E-state index contributed by atoms with van der Waals surface area (Å²) in [5.41, 5.74) is 1.38. The van der Waals surface area contributed by atoms with Gasteiger partial charge in [0.1, 0.15) is 16.3 Å². The van der Waals surface area contributed by atoms with Gasteiger partial charge in [0.25, 0.3) is 11.8 Å². The predicted octanol–water partition coefficient (Wildman–Crippen LogP) is 4.47. The molecule has 1 atom stereocenters. The number of thiophene rings is 1. The quantitative estimate of drug-likeness (QED) is 0.460. The summed E-state index contributed by atoms with van der Waals surface area (Å²) < 4.78 is 20.9.